The lowest BCUT2D eigenvalue weighted by Crippen LogP contribution is -2.66. The summed E-state index contributed by atoms with van der Waals surface area (Å²) in [6.45, 7) is 0.0581. The molecule has 3 aromatic rings. The summed E-state index contributed by atoms with van der Waals surface area (Å²) in [6.07, 6.45) is -1.87. The number of ether oxygens (including phenoxy) is 3. The average molecular weight is 460 g/mol. The third-order valence-corrected chi connectivity index (χ3v) is 5.41. The molecule has 0 aliphatic carbocycles. The first-order valence-corrected chi connectivity index (χ1v) is 10.7. The van der Waals surface area contributed by atoms with Crippen LogP contribution in [0.2, 0.25) is 0 Å². The molecular formula is C26H24N2O6. The largest absolute Gasteiger partial charge is 0.497 e. The maximum Gasteiger partial charge on any atom is 0.420 e. The zero-order valence-electron chi connectivity index (χ0n) is 18.6. The normalized spacial score (nSPS) is 14.7. The maximum absolute atomic E-state index is 13.0. The molecule has 0 spiro atoms. The van der Waals surface area contributed by atoms with Gasteiger partial charge in [-0.3, -0.25) is 4.79 Å². The van der Waals surface area contributed by atoms with Crippen molar-refractivity contribution in [3.8, 4) is 5.75 Å². The lowest BCUT2D eigenvalue weighted by atomic mass is 10.0. The Labute approximate surface area is 197 Å². The standard InChI is InChI=1S/C26H24N2O6/c1-32-22-14-12-21(13-15-22)27-16-23(24(27)29)28(25(30)33-17-19-8-4-2-5-9-19)26(31)34-18-20-10-6-3-7-11-20/h2-15,23H,16-18H2,1H3. The Morgan fingerprint density at radius 1 is 0.824 bits per heavy atom. The molecule has 1 heterocycles. The number of rotatable bonds is 7. The fraction of sp³-hybridized carbons (Fsp3) is 0.192. The lowest BCUT2D eigenvalue weighted by Gasteiger charge is -2.42. The summed E-state index contributed by atoms with van der Waals surface area (Å²) in [7, 11) is 1.56. The van der Waals surface area contributed by atoms with Gasteiger partial charge in [0.25, 0.3) is 5.91 Å². The van der Waals surface area contributed by atoms with E-state index in [2.05, 4.69) is 0 Å². The summed E-state index contributed by atoms with van der Waals surface area (Å²) in [4.78, 5) is 41.0. The molecule has 1 aliphatic rings. The van der Waals surface area contributed by atoms with Crippen LogP contribution in [-0.2, 0) is 27.5 Å². The van der Waals surface area contributed by atoms with E-state index < -0.39 is 24.1 Å². The summed E-state index contributed by atoms with van der Waals surface area (Å²) in [5, 5.41) is 0. The highest BCUT2D eigenvalue weighted by Gasteiger charge is 2.48. The second-order valence-corrected chi connectivity index (χ2v) is 7.61. The van der Waals surface area contributed by atoms with Gasteiger partial charge in [-0.05, 0) is 35.4 Å². The topological polar surface area (TPSA) is 85.4 Å². The van der Waals surface area contributed by atoms with Crippen LogP contribution in [0.1, 0.15) is 11.1 Å². The van der Waals surface area contributed by atoms with E-state index in [0.29, 0.717) is 11.4 Å². The number of hydrogen-bond donors (Lipinski definition) is 0. The highest BCUT2D eigenvalue weighted by atomic mass is 16.6. The van der Waals surface area contributed by atoms with Crippen LogP contribution >= 0.6 is 0 Å². The summed E-state index contributed by atoms with van der Waals surface area (Å²) in [5.74, 6) is 0.252. The van der Waals surface area contributed by atoms with Crippen LogP contribution in [-0.4, -0.2) is 42.7 Å². The summed E-state index contributed by atoms with van der Waals surface area (Å²) < 4.78 is 15.8. The molecule has 1 atom stereocenters. The minimum absolute atomic E-state index is 0.0365. The van der Waals surface area contributed by atoms with E-state index in [-0.39, 0.29) is 19.8 Å². The molecule has 3 aromatic carbocycles. The fourth-order valence-corrected chi connectivity index (χ4v) is 3.50. The number of benzene rings is 3. The minimum atomic E-state index is -1.02. The quantitative estimate of drug-likeness (QED) is 0.487. The average Bonchev–Trinajstić information content (AvgIpc) is 2.89. The maximum atomic E-state index is 13.0. The van der Waals surface area contributed by atoms with Gasteiger partial charge < -0.3 is 19.1 Å². The predicted octanol–water partition coefficient (Wildman–Crippen LogP) is 4.39. The number of methoxy groups -OCH3 is 1. The summed E-state index contributed by atoms with van der Waals surface area (Å²) >= 11 is 0. The summed E-state index contributed by atoms with van der Waals surface area (Å²) in [5.41, 5.74) is 2.15. The van der Waals surface area contributed by atoms with Crippen LogP contribution in [0.3, 0.4) is 0 Å². The number of hydrogen-bond acceptors (Lipinski definition) is 6. The van der Waals surface area contributed by atoms with Gasteiger partial charge in [0.15, 0.2) is 0 Å². The number of imide groups is 1. The number of anilines is 1. The molecule has 8 heteroatoms. The molecular weight excluding hydrogens is 436 g/mol. The van der Waals surface area contributed by atoms with Crippen LogP contribution in [0.25, 0.3) is 0 Å². The number of β-lactam (4-membered cyclic amide) rings is 1. The Morgan fingerprint density at radius 3 is 1.76 bits per heavy atom. The van der Waals surface area contributed by atoms with Crippen LogP contribution in [0.4, 0.5) is 15.3 Å². The van der Waals surface area contributed by atoms with Crippen molar-refractivity contribution in [3.63, 3.8) is 0 Å². The van der Waals surface area contributed by atoms with Gasteiger partial charge in [0.05, 0.1) is 13.7 Å². The molecule has 0 radical (unpaired) electrons. The Hall–Kier alpha value is -4.33. The molecule has 0 saturated carbocycles. The van der Waals surface area contributed by atoms with Crippen LogP contribution < -0.4 is 9.64 Å². The Bertz CT molecular complexity index is 1080. The zero-order chi connectivity index (χ0) is 23.9. The van der Waals surface area contributed by atoms with Gasteiger partial charge >= 0.3 is 12.2 Å². The van der Waals surface area contributed by atoms with Crippen molar-refractivity contribution in [2.75, 3.05) is 18.6 Å². The Kier molecular flexibility index (Phi) is 7.07. The van der Waals surface area contributed by atoms with Crippen molar-refractivity contribution in [1.29, 1.82) is 0 Å². The minimum Gasteiger partial charge on any atom is -0.497 e. The Balaban J connectivity index is 1.46. The highest BCUT2D eigenvalue weighted by molar-refractivity contribution is 6.08. The third kappa shape index (κ3) is 5.17. The smallest absolute Gasteiger partial charge is 0.420 e. The molecule has 4 rings (SSSR count). The van der Waals surface area contributed by atoms with Crippen molar-refractivity contribution in [2.45, 2.75) is 19.3 Å². The first kappa shape index (κ1) is 22.8. The molecule has 1 fully saturated rings. The first-order chi connectivity index (χ1) is 16.6. The van der Waals surface area contributed by atoms with Crippen molar-refractivity contribution >= 4 is 23.8 Å². The van der Waals surface area contributed by atoms with Crippen molar-refractivity contribution in [1.82, 2.24) is 4.90 Å². The second kappa shape index (κ2) is 10.5. The van der Waals surface area contributed by atoms with Crippen LogP contribution in [0, 0.1) is 0 Å². The van der Waals surface area contributed by atoms with E-state index in [1.165, 1.54) is 4.90 Å². The Morgan fingerprint density at radius 2 is 1.32 bits per heavy atom. The van der Waals surface area contributed by atoms with E-state index in [0.717, 1.165) is 16.0 Å². The van der Waals surface area contributed by atoms with Crippen molar-refractivity contribution in [3.05, 3.63) is 96.1 Å². The number of carbonyl (C=O) groups is 3. The van der Waals surface area contributed by atoms with Crippen molar-refractivity contribution in [2.24, 2.45) is 0 Å². The van der Waals surface area contributed by atoms with E-state index in [9.17, 15) is 14.4 Å². The predicted molar refractivity (Wildman–Crippen MR) is 124 cm³/mol. The third-order valence-electron chi connectivity index (χ3n) is 5.41. The summed E-state index contributed by atoms with van der Waals surface area (Å²) in [6, 6.07) is 24.1. The van der Waals surface area contributed by atoms with E-state index in [1.807, 2.05) is 36.4 Å². The molecule has 1 aliphatic heterocycles. The van der Waals surface area contributed by atoms with Gasteiger partial charge in [-0.15, -0.1) is 0 Å². The second-order valence-electron chi connectivity index (χ2n) is 7.61. The molecule has 34 heavy (non-hydrogen) atoms. The number of carbonyl (C=O) groups excluding carboxylic acids is 3. The van der Waals surface area contributed by atoms with Gasteiger partial charge in [-0.25, -0.2) is 9.59 Å². The first-order valence-electron chi connectivity index (χ1n) is 10.7. The molecule has 0 bridgehead atoms. The lowest BCUT2D eigenvalue weighted by molar-refractivity contribution is -0.128. The molecule has 8 nitrogen and oxygen atoms in total. The van der Waals surface area contributed by atoms with E-state index >= 15 is 0 Å². The molecule has 174 valence electrons. The number of nitrogens with zero attached hydrogens (tertiary/aromatic N) is 2. The SMILES string of the molecule is COc1ccc(N2CC(N(C(=O)OCc3ccccc3)C(=O)OCc3ccccc3)C2=O)cc1. The molecule has 0 aromatic heterocycles. The molecule has 1 unspecified atom stereocenters. The van der Waals surface area contributed by atoms with Gasteiger partial charge in [0, 0.05) is 5.69 Å². The van der Waals surface area contributed by atoms with Crippen LogP contribution in [0.5, 0.6) is 5.75 Å². The van der Waals surface area contributed by atoms with Crippen LogP contribution in [0.15, 0.2) is 84.9 Å². The monoisotopic (exact) mass is 460 g/mol. The molecule has 1 saturated heterocycles. The number of amides is 3. The zero-order valence-corrected chi connectivity index (χ0v) is 18.6. The van der Waals surface area contributed by atoms with E-state index in [1.54, 1.807) is 55.6 Å². The van der Waals surface area contributed by atoms with Gasteiger partial charge in [-0.1, -0.05) is 60.7 Å². The van der Waals surface area contributed by atoms with Gasteiger partial charge in [-0.2, -0.15) is 4.90 Å². The van der Waals surface area contributed by atoms with E-state index in [4.69, 9.17) is 14.2 Å². The fourth-order valence-electron chi connectivity index (χ4n) is 3.50. The highest BCUT2D eigenvalue weighted by Crippen LogP contribution is 2.28. The van der Waals surface area contributed by atoms with Crippen molar-refractivity contribution < 1.29 is 28.6 Å². The molecule has 3 amide bonds. The van der Waals surface area contributed by atoms with Gasteiger partial charge in [0.1, 0.15) is 25.0 Å². The van der Waals surface area contributed by atoms with Gasteiger partial charge in [0.2, 0.25) is 0 Å². The molecule has 0 N–H and O–H groups in total.